The molecule has 0 spiro atoms. The summed E-state index contributed by atoms with van der Waals surface area (Å²) in [6.07, 6.45) is 0.831. The molecule has 0 aromatic carbocycles. The van der Waals surface area contributed by atoms with Crippen molar-refractivity contribution >= 4 is 57.2 Å². The van der Waals surface area contributed by atoms with Crippen molar-refractivity contribution in [1.29, 1.82) is 0 Å². The van der Waals surface area contributed by atoms with Crippen LogP contribution >= 0.6 is 0 Å². The van der Waals surface area contributed by atoms with E-state index in [2.05, 4.69) is 0 Å². The van der Waals surface area contributed by atoms with Gasteiger partial charge in [-0.15, -0.1) is 0 Å². The summed E-state index contributed by atoms with van der Waals surface area (Å²) in [7, 11) is 0. The summed E-state index contributed by atoms with van der Waals surface area (Å²) in [5, 5.41) is 9.78. The Morgan fingerprint density at radius 3 is 2.22 bits per heavy atom. The van der Waals surface area contributed by atoms with Gasteiger partial charge in [-0.2, -0.15) is 0 Å². The molecule has 1 aliphatic rings. The zero-order valence-corrected chi connectivity index (χ0v) is 4.16. The zero-order chi connectivity index (χ0) is 6.15. The van der Waals surface area contributed by atoms with Gasteiger partial charge in [-0.25, -0.2) is 0 Å². The minimum absolute atomic E-state index is 0. The Labute approximate surface area is 94.6 Å². The molecule has 0 aliphatic heterocycles. The van der Waals surface area contributed by atoms with Gasteiger partial charge in [-0.05, 0) is 0 Å². The summed E-state index contributed by atoms with van der Waals surface area (Å²) in [6, 6.07) is -0.866. The van der Waals surface area contributed by atoms with Gasteiger partial charge in [0.25, 0.3) is 6.04 Å². The van der Waals surface area contributed by atoms with E-state index in [4.69, 9.17) is 0 Å². The Morgan fingerprint density at radius 1 is 1.67 bits per heavy atom. The van der Waals surface area contributed by atoms with Crippen LogP contribution in [-0.4, -0.2) is 68.1 Å². The first-order valence-electron chi connectivity index (χ1n) is 2.38. The van der Waals surface area contributed by atoms with Crippen molar-refractivity contribution in [2.45, 2.75) is 18.9 Å². The minimum atomic E-state index is -0.866. The molecule has 1 saturated carbocycles. The van der Waals surface area contributed by atoms with Crippen LogP contribution < -0.4 is 0 Å². The number of hydrogen-bond acceptors (Lipinski definition) is 3. The molecule has 0 radical (unpaired) electrons. The van der Waals surface area contributed by atoms with Crippen LogP contribution in [-0.2, 0) is 4.79 Å². The van der Waals surface area contributed by atoms with Gasteiger partial charge in [0.1, 0.15) is 0 Å². The number of nitrogens with zero attached hydrogens (tertiary/aromatic N) is 1. The predicted octanol–water partition coefficient (Wildman–Crippen LogP) is -0.654. The van der Waals surface area contributed by atoms with Crippen LogP contribution in [0.3, 0.4) is 0 Å². The first-order chi connectivity index (χ1) is 3.72. The Bertz CT molecular complexity index is 139. The number of hydrogen-bond donors (Lipinski definition) is 0. The maximum atomic E-state index is 10.2. The summed E-state index contributed by atoms with van der Waals surface area (Å²) in [5.41, 5.74) is 0. The molecule has 0 amide bonds. The second-order valence-electron chi connectivity index (χ2n) is 1.81. The number of rotatable bonds is 1. The molecule has 9 heavy (non-hydrogen) atoms. The zero-order valence-electron chi connectivity index (χ0n) is 4.16. The first-order valence-corrected chi connectivity index (χ1v) is 2.38. The van der Waals surface area contributed by atoms with E-state index in [0.717, 1.165) is 0 Å². The van der Waals surface area contributed by atoms with Gasteiger partial charge in [-0.1, -0.05) is 0 Å². The van der Waals surface area contributed by atoms with E-state index >= 15 is 0 Å². The van der Waals surface area contributed by atoms with Gasteiger partial charge in [0, 0.05) is 17.8 Å². The normalized spacial score (nSPS) is 24.0. The third-order valence-corrected chi connectivity index (χ3v) is 1.29. The van der Waals surface area contributed by atoms with E-state index in [1.165, 1.54) is 0 Å². The Kier molecular flexibility index (Phi) is 4.07. The van der Waals surface area contributed by atoms with E-state index in [9.17, 15) is 14.9 Å². The van der Waals surface area contributed by atoms with E-state index in [1.54, 1.807) is 0 Å². The van der Waals surface area contributed by atoms with Gasteiger partial charge in [0.15, 0.2) is 0 Å². The molecule has 0 bridgehead atoms. The van der Waals surface area contributed by atoms with Crippen LogP contribution in [0.1, 0.15) is 12.8 Å². The molecule has 4 nitrogen and oxygen atoms in total. The number of carbonyl (C=O) groups is 1. The van der Waals surface area contributed by atoms with Crippen molar-refractivity contribution in [2.24, 2.45) is 0 Å². The number of ketones is 1. The van der Waals surface area contributed by atoms with Crippen molar-refractivity contribution in [3.8, 4) is 0 Å². The molecule has 1 fully saturated rings. The Balaban J connectivity index is 0.000000640. The van der Waals surface area contributed by atoms with Crippen molar-refractivity contribution in [1.82, 2.24) is 0 Å². The van der Waals surface area contributed by atoms with Gasteiger partial charge in [-0.3, -0.25) is 14.9 Å². The fourth-order valence-electron chi connectivity index (χ4n) is 0.614. The summed E-state index contributed by atoms with van der Waals surface area (Å²) < 4.78 is 0. The van der Waals surface area contributed by atoms with Crippen LogP contribution in [0.15, 0.2) is 0 Å². The molecule has 5 heteroatoms. The molecule has 46 valence electrons. The van der Waals surface area contributed by atoms with E-state index in [-0.39, 0.29) is 57.2 Å². The fourth-order valence-corrected chi connectivity index (χ4v) is 0.614. The predicted molar refractivity (Wildman–Crippen MR) is 32.2 cm³/mol. The summed E-state index contributed by atoms with van der Waals surface area (Å²) in [4.78, 5) is 19.5. The third kappa shape index (κ3) is 2.08. The van der Waals surface area contributed by atoms with Crippen LogP contribution in [0.25, 0.3) is 0 Å². The molecule has 0 N–H and O–H groups in total. The molecule has 1 rings (SSSR count). The van der Waals surface area contributed by atoms with E-state index < -0.39 is 11.0 Å². The topological polar surface area (TPSA) is 60.2 Å². The molecular formula is C4H6KNO3. The van der Waals surface area contributed by atoms with Gasteiger partial charge < -0.3 is 0 Å². The molecule has 0 aromatic heterocycles. The monoisotopic (exact) mass is 155 g/mol. The molecule has 0 heterocycles. The standard InChI is InChI=1S/C4H5NO3.K.H/c6-4-2-1-3(4)5(7)8;;/h3H,1-2H2;;. The second kappa shape index (κ2) is 3.77. The van der Waals surface area contributed by atoms with Crippen molar-refractivity contribution in [2.75, 3.05) is 0 Å². The van der Waals surface area contributed by atoms with Gasteiger partial charge in [0.05, 0.1) is 0 Å². The molecule has 1 aliphatic carbocycles. The second-order valence-corrected chi connectivity index (χ2v) is 1.81. The number of nitro groups is 1. The molecule has 0 aromatic rings. The number of Topliss-reactive ketones (excluding diaryl/α,β-unsaturated/α-hetero) is 1. The van der Waals surface area contributed by atoms with Crippen molar-refractivity contribution in [3.05, 3.63) is 10.1 Å². The van der Waals surface area contributed by atoms with Crippen molar-refractivity contribution < 1.29 is 9.72 Å². The molecule has 1 unspecified atom stereocenters. The fraction of sp³-hybridized carbons (Fsp3) is 0.750. The average molecular weight is 155 g/mol. The van der Waals surface area contributed by atoms with Crippen LogP contribution in [0, 0.1) is 10.1 Å². The third-order valence-electron chi connectivity index (χ3n) is 1.29. The van der Waals surface area contributed by atoms with Gasteiger partial charge in [0.2, 0.25) is 5.78 Å². The summed E-state index contributed by atoms with van der Waals surface area (Å²) >= 11 is 0. The van der Waals surface area contributed by atoms with E-state index in [1.807, 2.05) is 0 Å². The Hall–Kier alpha value is 0.706. The van der Waals surface area contributed by atoms with Crippen molar-refractivity contribution in [3.63, 3.8) is 0 Å². The number of carbonyl (C=O) groups excluding carboxylic acids is 1. The van der Waals surface area contributed by atoms with E-state index in [0.29, 0.717) is 12.8 Å². The van der Waals surface area contributed by atoms with Crippen LogP contribution in [0.5, 0.6) is 0 Å². The SMILES string of the molecule is O=C1CCC1[N+](=O)[O-].[KH]. The van der Waals surface area contributed by atoms with Gasteiger partial charge >= 0.3 is 51.4 Å². The molecular weight excluding hydrogens is 149 g/mol. The maximum absolute atomic E-state index is 10.2. The first kappa shape index (κ1) is 9.71. The molecule has 1 atom stereocenters. The summed E-state index contributed by atoms with van der Waals surface area (Å²) in [5.74, 6) is -0.227. The van der Waals surface area contributed by atoms with Crippen LogP contribution in [0.2, 0.25) is 0 Å². The average Bonchev–Trinajstić information content (AvgIpc) is 1.61. The molecule has 0 saturated heterocycles. The summed E-state index contributed by atoms with van der Waals surface area (Å²) in [6.45, 7) is 0. The quantitative estimate of drug-likeness (QED) is 0.287. The Morgan fingerprint density at radius 2 is 2.22 bits per heavy atom. The van der Waals surface area contributed by atoms with Crippen LogP contribution in [0.4, 0.5) is 0 Å².